The van der Waals surface area contributed by atoms with Crippen LogP contribution < -0.4 is 26.4 Å². The Morgan fingerprint density at radius 1 is 1.04 bits per heavy atom. The predicted octanol–water partition coefficient (Wildman–Crippen LogP) is 5.97. The average Bonchev–Trinajstić information content (AvgIpc) is 3.57. The maximum atomic E-state index is 13.6. The number of ether oxygens (including phenoxy) is 2. The number of carbonyl (C=O) groups excluding carboxylic acids is 3. The number of carbonyl (C=O) groups is 3. The summed E-state index contributed by atoms with van der Waals surface area (Å²) >= 11 is 0. The molecule has 1 heterocycles. The number of aliphatic hydroxyl groups is 1. The molecule has 2 amide bonds. The standard InChI is InChI=1S/C33H41N5O7.C10H20.C2H6/c1-37(2)24-15-22(14-23(16-24)32(41)36-27(33(42)44-4)13-20-9-6-5-7-10-20)25-12-8-11-21(30(25)43-3)18-38-29(31(35)40)26(19-39)28(17-34)45-38;1-8-6-5-7-10(3,4)9(8)2;1-2/h5-12,14-16,26-29,39H,13,17-19,34H2,1-4H3,(H2,35,40)(H,36,41);8-9H,5-7H2,1-4H3;1-2H3/t;8?,9-;/m.0./s1. The van der Waals surface area contributed by atoms with Gasteiger partial charge in [0.15, 0.2) is 0 Å². The smallest absolute Gasteiger partial charge is 0.328 e. The Bertz CT molecular complexity index is 1750. The van der Waals surface area contributed by atoms with Gasteiger partial charge < -0.3 is 36.3 Å². The van der Waals surface area contributed by atoms with E-state index in [4.69, 9.17) is 25.8 Å². The van der Waals surface area contributed by atoms with E-state index in [1.807, 2.05) is 87.4 Å². The van der Waals surface area contributed by atoms with Crippen LogP contribution in [0.2, 0.25) is 0 Å². The third-order valence-corrected chi connectivity index (χ3v) is 11.5. The van der Waals surface area contributed by atoms with Crippen LogP contribution in [0, 0.1) is 23.2 Å². The summed E-state index contributed by atoms with van der Waals surface area (Å²) < 4.78 is 10.9. The van der Waals surface area contributed by atoms with Crippen LogP contribution in [0.1, 0.15) is 82.3 Å². The highest BCUT2D eigenvalue weighted by molar-refractivity contribution is 5.99. The van der Waals surface area contributed by atoms with Gasteiger partial charge in [0.1, 0.15) is 17.8 Å². The average molecular weight is 790 g/mol. The summed E-state index contributed by atoms with van der Waals surface area (Å²) in [6.07, 6.45) is 4.01. The van der Waals surface area contributed by atoms with Gasteiger partial charge in [0.2, 0.25) is 5.91 Å². The Labute approximate surface area is 340 Å². The van der Waals surface area contributed by atoms with Crippen molar-refractivity contribution in [1.82, 2.24) is 10.4 Å². The Hall–Kier alpha value is -4.49. The number of primary amides is 1. The second-order valence-corrected chi connectivity index (χ2v) is 15.7. The first-order chi connectivity index (χ1) is 27.1. The fraction of sp³-hybridized carbons (Fsp3) is 0.533. The predicted molar refractivity (Wildman–Crippen MR) is 227 cm³/mol. The number of nitrogens with zero attached hydrogens (tertiary/aromatic N) is 2. The van der Waals surface area contributed by atoms with Gasteiger partial charge in [-0.25, -0.2) is 4.79 Å². The van der Waals surface area contributed by atoms with Gasteiger partial charge >= 0.3 is 5.97 Å². The molecule has 3 aromatic carbocycles. The second kappa shape index (κ2) is 21.9. The van der Waals surface area contributed by atoms with E-state index in [9.17, 15) is 19.5 Å². The summed E-state index contributed by atoms with van der Waals surface area (Å²) in [5.41, 5.74) is 16.2. The van der Waals surface area contributed by atoms with E-state index in [2.05, 4.69) is 33.0 Å². The molecule has 1 saturated heterocycles. The van der Waals surface area contributed by atoms with E-state index in [-0.39, 0.29) is 26.1 Å². The molecule has 1 aliphatic heterocycles. The van der Waals surface area contributed by atoms with Gasteiger partial charge in [0.25, 0.3) is 5.91 Å². The number of anilines is 1. The number of rotatable bonds is 13. The van der Waals surface area contributed by atoms with Gasteiger partial charge in [-0.3, -0.25) is 14.4 Å². The third-order valence-electron chi connectivity index (χ3n) is 11.5. The lowest BCUT2D eigenvalue weighted by Crippen LogP contribution is -2.45. The highest BCUT2D eigenvalue weighted by Crippen LogP contribution is 2.43. The minimum Gasteiger partial charge on any atom is -0.496 e. The van der Waals surface area contributed by atoms with Crippen molar-refractivity contribution in [3.63, 3.8) is 0 Å². The molecule has 0 spiro atoms. The quantitative estimate of drug-likeness (QED) is 0.151. The summed E-state index contributed by atoms with van der Waals surface area (Å²) in [4.78, 5) is 46.4. The van der Waals surface area contributed by atoms with Crippen molar-refractivity contribution >= 4 is 23.5 Å². The summed E-state index contributed by atoms with van der Waals surface area (Å²) in [5, 5.41) is 14.2. The van der Waals surface area contributed by atoms with E-state index in [1.54, 1.807) is 12.1 Å². The molecule has 0 bridgehead atoms. The maximum Gasteiger partial charge on any atom is 0.328 e. The summed E-state index contributed by atoms with van der Waals surface area (Å²) in [5.74, 6) is 0.162. The van der Waals surface area contributed by atoms with E-state index in [1.165, 1.54) is 38.5 Å². The Kier molecular flexibility index (Phi) is 18.0. The molecule has 6 atom stereocenters. The number of hydrogen-bond donors (Lipinski definition) is 4. The molecule has 1 saturated carbocycles. The number of aliphatic hydroxyl groups excluding tert-OH is 1. The van der Waals surface area contributed by atoms with Crippen LogP contribution in [0.25, 0.3) is 11.1 Å². The van der Waals surface area contributed by atoms with Crippen LogP contribution >= 0.6 is 0 Å². The Balaban J connectivity index is 0.000000624. The van der Waals surface area contributed by atoms with Gasteiger partial charge in [-0.15, -0.1) is 0 Å². The number of hydrogen-bond acceptors (Lipinski definition) is 10. The molecule has 6 N–H and O–H groups in total. The lowest BCUT2D eigenvalue weighted by molar-refractivity contribution is -0.172. The molecular formula is C45H67N5O7. The maximum absolute atomic E-state index is 13.6. The lowest BCUT2D eigenvalue weighted by atomic mass is 9.65. The highest BCUT2D eigenvalue weighted by atomic mass is 16.7. The second-order valence-electron chi connectivity index (χ2n) is 15.7. The van der Waals surface area contributed by atoms with Crippen molar-refractivity contribution in [3.05, 3.63) is 83.4 Å². The molecule has 2 fully saturated rings. The minimum absolute atomic E-state index is 0.104. The largest absolute Gasteiger partial charge is 0.496 e. The first kappa shape index (κ1) is 46.9. The number of benzene rings is 3. The molecule has 3 aromatic rings. The van der Waals surface area contributed by atoms with E-state index in [0.29, 0.717) is 33.4 Å². The molecule has 12 heteroatoms. The van der Waals surface area contributed by atoms with E-state index >= 15 is 0 Å². The van der Waals surface area contributed by atoms with Crippen LogP contribution in [-0.4, -0.2) is 87.6 Å². The molecular weight excluding hydrogens is 723 g/mol. The Morgan fingerprint density at radius 2 is 1.72 bits per heavy atom. The zero-order valence-electron chi connectivity index (χ0n) is 35.7. The number of amides is 2. The zero-order chi connectivity index (χ0) is 42.4. The minimum atomic E-state index is -0.895. The molecule has 0 aromatic heterocycles. The first-order valence-corrected chi connectivity index (χ1v) is 20.1. The van der Waals surface area contributed by atoms with Crippen molar-refractivity contribution in [2.45, 2.75) is 92.0 Å². The fourth-order valence-corrected chi connectivity index (χ4v) is 7.71. The van der Waals surface area contributed by atoms with Crippen molar-refractivity contribution < 1.29 is 33.8 Å². The number of methoxy groups -OCH3 is 2. The molecule has 2 aliphatic rings. The van der Waals surface area contributed by atoms with Crippen molar-refractivity contribution in [3.8, 4) is 16.9 Å². The van der Waals surface area contributed by atoms with Crippen molar-refractivity contribution in [2.24, 2.45) is 34.6 Å². The van der Waals surface area contributed by atoms with Gasteiger partial charge in [-0.2, -0.15) is 5.06 Å². The topological polar surface area (TPSA) is 170 Å². The molecule has 1 aliphatic carbocycles. The number of esters is 1. The fourth-order valence-electron chi connectivity index (χ4n) is 7.71. The molecule has 12 nitrogen and oxygen atoms in total. The monoisotopic (exact) mass is 790 g/mol. The third kappa shape index (κ3) is 12.0. The molecule has 5 unspecified atom stereocenters. The number of nitrogens with two attached hydrogens (primary N) is 2. The lowest BCUT2D eigenvalue weighted by Gasteiger charge is -2.40. The molecule has 314 valence electrons. The first-order valence-electron chi connectivity index (χ1n) is 20.1. The number of hydroxylamine groups is 2. The normalized spacial score (nSPS) is 21.8. The van der Waals surface area contributed by atoms with Crippen LogP contribution in [-0.2, 0) is 32.1 Å². The van der Waals surface area contributed by atoms with Gasteiger partial charge in [-0.1, -0.05) is 103 Å². The van der Waals surface area contributed by atoms with Gasteiger partial charge in [0.05, 0.1) is 33.5 Å². The summed E-state index contributed by atoms with van der Waals surface area (Å²) in [7, 11) is 6.55. The van der Waals surface area contributed by atoms with Crippen LogP contribution in [0.4, 0.5) is 5.69 Å². The molecule has 0 radical (unpaired) electrons. The van der Waals surface area contributed by atoms with Gasteiger partial charge in [-0.05, 0) is 53.0 Å². The Morgan fingerprint density at radius 3 is 2.26 bits per heavy atom. The van der Waals surface area contributed by atoms with Crippen LogP contribution in [0.15, 0.2) is 66.7 Å². The van der Waals surface area contributed by atoms with Crippen molar-refractivity contribution in [1.29, 1.82) is 0 Å². The summed E-state index contributed by atoms with van der Waals surface area (Å²) in [6, 6.07) is 18.5. The number of para-hydroxylation sites is 1. The van der Waals surface area contributed by atoms with E-state index < -0.39 is 41.9 Å². The summed E-state index contributed by atoms with van der Waals surface area (Å²) in [6.45, 7) is 13.5. The van der Waals surface area contributed by atoms with E-state index in [0.717, 1.165) is 23.1 Å². The highest BCUT2D eigenvalue weighted by Gasteiger charge is 2.46. The molecule has 57 heavy (non-hydrogen) atoms. The van der Waals surface area contributed by atoms with Crippen molar-refractivity contribution in [2.75, 3.05) is 46.4 Å². The number of nitrogens with one attached hydrogen (secondary N) is 1. The van der Waals surface area contributed by atoms with Crippen LogP contribution in [0.3, 0.4) is 0 Å². The zero-order valence-corrected chi connectivity index (χ0v) is 35.7. The van der Waals surface area contributed by atoms with Gasteiger partial charge in [0, 0.05) is 55.4 Å². The SMILES string of the molecule is CC.CC1CCCC(C)(C)[C@H]1C.COC(=O)C(Cc1ccccc1)NC(=O)c1cc(-c2cccc(CN3OC(CN)C(CO)C3C(N)=O)c2OC)cc(N(C)C)c1. The van der Waals surface area contributed by atoms with Crippen LogP contribution in [0.5, 0.6) is 5.75 Å². The molecule has 5 rings (SSSR count).